The molecule has 2 aliphatic heterocycles. The van der Waals surface area contributed by atoms with Crippen LogP contribution >= 0.6 is 0 Å². The second-order valence-electron chi connectivity index (χ2n) is 9.24. The lowest BCUT2D eigenvalue weighted by Gasteiger charge is -2.30. The topological polar surface area (TPSA) is 86.8 Å². The molecular weight excluding hydrogens is 457 g/mol. The summed E-state index contributed by atoms with van der Waals surface area (Å²) >= 11 is 0. The maximum atomic E-state index is 13.0. The van der Waals surface area contributed by atoms with E-state index >= 15 is 0 Å². The Morgan fingerprint density at radius 3 is 2.47 bits per heavy atom. The molecule has 7 nitrogen and oxygen atoms in total. The molecule has 2 unspecified atom stereocenters. The number of hydrogen-bond acceptors (Lipinski definition) is 4. The first kappa shape index (κ1) is 24.3. The normalized spacial score (nSPS) is 21.6. The number of hydrogen-bond donors (Lipinski definition) is 1. The number of carbonyl (C=O) groups excluding carboxylic acids is 2. The molecule has 0 aliphatic carbocycles. The van der Waals surface area contributed by atoms with E-state index in [0.29, 0.717) is 44.2 Å². The highest BCUT2D eigenvalue weighted by Crippen LogP contribution is 2.25. The van der Waals surface area contributed by atoms with E-state index < -0.39 is 15.9 Å². The molecule has 0 radical (unpaired) electrons. The summed E-state index contributed by atoms with van der Waals surface area (Å²) < 4.78 is 40.4. The number of anilines is 1. The average molecular weight is 488 g/mol. The van der Waals surface area contributed by atoms with Gasteiger partial charge in [-0.3, -0.25) is 9.59 Å². The van der Waals surface area contributed by atoms with Crippen molar-refractivity contribution in [2.75, 3.05) is 31.5 Å². The number of amides is 2. The van der Waals surface area contributed by atoms with Crippen LogP contribution in [0.4, 0.5) is 10.1 Å². The fraction of sp³-hybridized carbons (Fsp3) is 0.440. The van der Waals surface area contributed by atoms with Gasteiger partial charge >= 0.3 is 0 Å². The second-order valence-corrected chi connectivity index (χ2v) is 11.2. The molecule has 2 heterocycles. The summed E-state index contributed by atoms with van der Waals surface area (Å²) in [4.78, 5) is 27.0. The van der Waals surface area contributed by atoms with Crippen molar-refractivity contribution < 1.29 is 22.4 Å². The minimum absolute atomic E-state index is 0.0838. The van der Waals surface area contributed by atoms with Gasteiger partial charge in [0.15, 0.2) is 0 Å². The number of rotatable bonds is 7. The van der Waals surface area contributed by atoms with E-state index in [1.807, 2.05) is 0 Å². The van der Waals surface area contributed by atoms with Gasteiger partial charge in [0.25, 0.3) is 0 Å². The SMILES string of the molecule is CC1CCCN(S(=O)(=O)c2ccc(NC(=O)C3CC(=O)N(CCc4ccc(F)cc4)C3)cc2)C1. The van der Waals surface area contributed by atoms with E-state index in [4.69, 9.17) is 0 Å². The van der Waals surface area contributed by atoms with Crippen molar-refractivity contribution in [1.82, 2.24) is 9.21 Å². The Morgan fingerprint density at radius 2 is 1.79 bits per heavy atom. The number of benzene rings is 2. The van der Waals surface area contributed by atoms with Gasteiger partial charge in [0.2, 0.25) is 21.8 Å². The monoisotopic (exact) mass is 487 g/mol. The third-order valence-corrected chi connectivity index (χ3v) is 8.43. The number of nitrogens with zero attached hydrogens (tertiary/aromatic N) is 2. The van der Waals surface area contributed by atoms with Gasteiger partial charge in [-0.25, -0.2) is 12.8 Å². The summed E-state index contributed by atoms with van der Waals surface area (Å²) in [5, 5.41) is 2.80. The molecule has 0 spiro atoms. The van der Waals surface area contributed by atoms with Crippen molar-refractivity contribution in [3.05, 3.63) is 59.9 Å². The summed E-state index contributed by atoms with van der Waals surface area (Å²) in [6.45, 7) is 3.89. The number of sulfonamides is 1. The van der Waals surface area contributed by atoms with Crippen molar-refractivity contribution in [2.24, 2.45) is 11.8 Å². The largest absolute Gasteiger partial charge is 0.342 e. The molecule has 2 aromatic carbocycles. The van der Waals surface area contributed by atoms with E-state index in [0.717, 1.165) is 18.4 Å². The van der Waals surface area contributed by atoms with Crippen LogP contribution in [0, 0.1) is 17.7 Å². The smallest absolute Gasteiger partial charge is 0.243 e. The lowest BCUT2D eigenvalue weighted by atomic mass is 10.0. The summed E-state index contributed by atoms with van der Waals surface area (Å²) in [6.07, 6.45) is 2.61. The van der Waals surface area contributed by atoms with Crippen LogP contribution in [-0.4, -0.2) is 55.6 Å². The van der Waals surface area contributed by atoms with Crippen molar-refractivity contribution in [2.45, 2.75) is 37.5 Å². The molecule has 2 amide bonds. The predicted octanol–water partition coefficient (Wildman–Crippen LogP) is 3.28. The number of piperidine rings is 1. The van der Waals surface area contributed by atoms with E-state index in [2.05, 4.69) is 12.2 Å². The minimum atomic E-state index is -3.55. The Kier molecular flexibility index (Phi) is 7.33. The van der Waals surface area contributed by atoms with Crippen molar-refractivity contribution in [3.63, 3.8) is 0 Å². The predicted molar refractivity (Wildman–Crippen MR) is 127 cm³/mol. The summed E-state index contributed by atoms with van der Waals surface area (Å²) in [6, 6.07) is 12.4. The molecule has 1 N–H and O–H groups in total. The fourth-order valence-electron chi connectivity index (χ4n) is 4.55. The Balaban J connectivity index is 1.32. The number of carbonyl (C=O) groups is 2. The van der Waals surface area contributed by atoms with Crippen LogP contribution in [0.25, 0.3) is 0 Å². The summed E-state index contributed by atoms with van der Waals surface area (Å²) in [7, 11) is -3.55. The first-order valence-corrected chi connectivity index (χ1v) is 13.1. The quantitative estimate of drug-likeness (QED) is 0.650. The first-order chi connectivity index (χ1) is 16.2. The number of halogens is 1. The molecule has 2 aromatic rings. The minimum Gasteiger partial charge on any atom is -0.342 e. The molecule has 0 saturated carbocycles. The van der Waals surface area contributed by atoms with Crippen LogP contribution in [0.15, 0.2) is 53.4 Å². The van der Waals surface area contributed by atoms with Crippen LogP contribution in [0.5, 0.6) is 0 Å². The van der Waals surface area contributed by atoms with Crippen LogP contribution in [0.2, 0.25) is 0 Å². The molecule has 2 saturated heterocycles. The lowest BCUT2D eigenvalue weighted by molar-refractivity contribution is -0.128. The molecule has 2 atom stereocenters. The first-order valence-electron chi connectivity index (χ1n) is 11.7. The molecule has 182 valence electrons. The molecular formula is C25H30FN3O4S. The van der Waals surface area contributed by atoms with E-state index in [1.54, 1.807) is 29.2 Å². The molecule has 9 heteroatoms. The van der Waals surface area contributed by atoms with Crippen LogP contribution in [0.3, 0.4) is 0 Å². The standard InChI is InChI=1S/C25H30FN3O4S/c1-18-3-2-13-29(16-18)34(32,33)23-10-8-22(9-11-23)27-25(31)20-15-24(30)28(17-20)14-12-19-4-6-21(26)7-5-19/h4-11,18,20H,2-3,12-17H2,1H3,(H,27,31). The Hall–Kier alpha value is -2.78. The molecule has 4 rings (SSSR count). The lowest BCUT2D eigenvalue weighted by Crippen LogP contribution is -2.39. The zero-order chi connectivity index (χ0) is 24.3. The Labute approximate surface area is 200 Å². The number of likely N-dealkylation sites (tertiary alicyclic amines) is 1. The van der Waals surface area contributed by atoms with Gasteiger partial charge in [0.1, 0.15) is 5.82 Å². The highest BCUT2D eigenvalue weighted by Gasteiger charge is 2.34. The van der Waals surface area contributed by atoms with Crippen molar-refractivity contribution in [1.29, 1.82) is 0 Å². The maximum Gasteiger partial charge on any atom is 0.243 e. The number of nitrogens with one attached hydrogen (secondary N) is 1. The van der Waals surface area contributed by atoms with Gasteiger partial charge in [-0.15, -0.1) is 0 Å². The molecule has 0 bridgehead atoms. The van der Waals surface area contributed by atoms with E-state index in [9.17, 15) is 22.4 Å². The highest BCUT2D eigenvalue weighted by atomic mass is 32.2. The summed E-state index contributed by atoms with van der Waals surface area (Å²) in [5.74, 6) is -0.785. The van der Waals surface area contributed by atoms with Gasteiger partial charge in [0.05, 0.1) is 10.8 Å². The highest BCUT2D eigenvalue weighted by molar-refractivity contribution is 7.89. The van der Waals surface area contributed by atoms with Crippen LogP contribution in [0.1, 0.15) is 31.7 Å². The van der Waals surface area contributed by atoms with Gasteiger partial charge < -0.3 is 10.2 Å². The molecule has 2 fully saturated rings. The van der Waals surface area contributed by atoms with Gasteiger partial charge in [-0.2, -0.15) is 4.31 Å². The van der Waals surface area contributed by atoms with Crippen molar-refractivity contribution >= 4 is 27.5 Å². The second kappa shape index (κ2) is 10.2. The fourth-order valence-corrected chi connectivity index (χ4v) is 6.15. The van der Waals surface area contributed by atoms with Crippen LogP contribution < -0.4 is 5.32 Å². The van der Waals surface area contributed by atoms with Gasteiger partial charge in [-0.1, -0.05) is 19.1 Å². The molecule has 34 heavy (non-hydrogen) atoms. The zero-order valence-corrected chi connectivity index (χ0v) is 20.1. The zero-order valence-electron chi connectivity index (χ0n) is 19.2. The molecule has 0 aromatic heterocycles. The molecule has 2 aliphatic rings. The Bertz CT molecular complexity index is 1140. The van der Waals surface area contributed by atoms with Gasteiger partial charge in [0, 0.05) is 38.3 Å². The Morgan fingerprint density at radius 1 is 1.09 bits per heavy atom. The van der Waals surface area contributed by atoms with E-state index in [-0.39, 0.29) is 28.9 Å². The van der Waals surface area contributed by atoms with E-state index in [1.165, 1.54) is 28.6 Å². The maximum absolute atomic E-state index is 13.0. The summed E-state index contributed by atoms with van der Waals surface area (Å²) in [5.41, 5.74) is 1.42. The third-order valence-electron chi connectivity index (χ3n) is 6.55. The van der Waals surface area contributed by atoms with Crippen molar-refractivity contribution in [3.8, 4) is 0 Å². The van der Waals surface area contributed by atoms with Gasteiger partial charge in [-0.05, 0) is 67.1 Å². The average Bonchev–Trinajstić information content (AvgIpc) is 3.20. The van der Waals surface area contributed by atoms with Crippen LogP contribution in [-0.2, 0) is 26.0 Å². The third kappa shape index (κ3) is 5.64.